The summed E-state index contributed by atoms with van der Waals surface area (Å²) in [5.41, 5.74) is 1.81. The van der Waals surface area contributed by atoms with Gasteiger partial charge in [-0.3, -0.25) is 9.69 Å². The van der Waals surface area contributed by atoms with Crippen molar-refractivity contribution in [2.45, 2.75) is 20.3 Å². The topological polar surface area (TPSA) is 67.3 Å². The van der Waals surface area contributed by atoms with Crippen LogP contribution in [0.5, 0.6) is 0 Å². The number of hydrogen-bond donors (Lipinski definition) is 0. The Hall–Kier alpha value is -1.02. The molecule has 2 rings (SSSR count). The predicted molar refractivity (Wildman–Crippen MR) is 76.8 cm³/mol. The molecule has 0 spiro atoms. The van der Waals surface area contributed by atoms with Gasteiger partial charge in [-0.15, -0.1) is 3.89 Å². The number of rotatable bonds is 3. The Balaban J connectivity index is 2.27. The second-order valence-electron chi connectivity index (χ2n) is 4.96. The van der Waals surface area contributed by atoms with Crippen LogP contribution in [-0.4, -0.2) is 31.6 Å². The lowest BCUT2D eigenvalue weighted by molar-refractivity contribution is -0.117. The van der Waals surface area contributed by atoms with Gasteiger partial charge in [-0.1, -0.05) is 0 Å². The summed E-state index contributed by atoms with van der Waals surface area (Å²) >= 11 is 3.36. The van der Waals surface area contributed by atoms with Crippen LogP contribution in [0.15, 0.2) is 10.7 Å². The van der Waals surface area contributed by atoms with E-state index in [1.54, 1.807) is 6.20 Å². The third kappa shape index (κ3) is 3.17. The zero-order valence-corrected chi connectivity index (χ0v) is 13.5. The number of carbonyl (C=O) groups excluding carboxylic acids is 1. The monoisotopic (exact) mass is 364 g/mol. The maximum absolute atomic E-state index is 12.7. The number of nitrogens with zero attached hydrogens (tertiary/aromatic N) is 2. The number of anilines is 1. The van der Waals surface area contributed by atoms with Crippen LogP contribution in [0.25, 0.3) is 0 Å². The first-order chi connectivity index (χ1) is 9.19. The van der Waals surface area contributed by atoms with E-state index in [4.69, 9.17) is 0 Å². The summed E-state index contributed by atoms with van der Waals surface area (Å²) in [6.45, 7) is 3.92. The Bertz CT molecular complexity index is 663. The van der Waals surface area contributed by atoms with Gasteiger partial charge >= 0.3 is 10.2 Å². The highest BCUT2D eigenvalue weighted by Gasteiger charge is 2.35. The highest BCUT2D eigenvalue weighted by atomic mass is 79.9. The second kappa shape index (κ2) is 5.40. The molecule has 0 aliphatic carbocycles. The SMILES string of the molecule is Cc1c(Br)cnc(N2CC(CS(=O)(=O)F)CC2=O)c1C. The van der Waals surface area contributed by atoms with E-state index in [0.29, 0.717) is 5.82 Å². The predicted octanol–water partition coefficient (Wildman–Crippen LogP) is 2.11. The average Bonchev–Trinajstić information content (AvgIpc) is 2.65. The minimum absolute atomic E-state index is 0.0272. The molecule has 20 heavy (non-hydrogen) atoms. The summed E-state index contributed by atoms with van der Waals surface area (Å²) in [6.07, 6.45) is 1.63. The third-order valence-corrected chi connectivity index (χ3v) is 5.12. The molecule has 0 N–H and O–H groups in total. The van der Waals surface area contributed by atoms with E-state index >= 15 is 0 Å². The van der Waals surface area contributed by atoms with Gasteiger partial charge in [0.1, 0.15) is 5.82 Å². The molecule has 0 radical (unpaired) electrons. The van der Waals surface area contributed by atoms with Crippen molar-refractivity contribution in [1.82, 2.24) is 4.98 Å². The molecule has 1 saturated heterocycles. The maximum Gasteiger partial charge on any atom is 0.302 e. The molecule has 110 valence electrons. The van der Waals surface area contributed by atoms with Gasteiger partial charge in [-0.2, -0.15) is 8.42 Å². The fraction of sp³-hybridized carbons (Fsp3) is 0.500. The first-order valence-corrected chi connectivity index (χ1v) is 8.38. The number of pyridine rings is 1. The molecule has 0 bridgehead atoms. The lowest BCUT2D eigenvalue weighted by Gasteiger charge is -2.19. The van der Waals surface area contributed by atoms with Crippen LogP contribution >= 0.6 is 15.9 Å². The van der Waals surface area contributed by atoms with Crippen molar-refractivity contribution in [2.75, 3.05) is 17.2 Å². The highest BCUT2D eigenvalue weighted by molar-refractivity contribution is 9.10. The van der Waals surface area contributed by atoms with Gasteiger partial charge in [0.05, 0.1) is 5.75 Å². The zero-order chi connectivity index (χ0) is 15.1. The van der Waals surface area contributed by atoms with Gasteiger partial charge in [-0.25, -0.2) is 4.98 Å². The van der Waals surface area contributed by atoms with E-state index in [9.17, 15) is 17.1 Å². The molecular weight excluding hydrogens is 351 g/mol. The average molecular weight is 365 g/mol. The molecule has 8 heteroatoms. The van der Waals surface area contributed by atoms with Gasteiger partial charge in [0.2, 0.25) is 5.91 Å². The van der Waals surface area contributed by atoms with E-state index < -0.39 is 21.9 Å². The minimum atomic E-state index is -4.57. The molecule has 1 aromatic heterocycles. The van der Waals surface area contributed by atoms with Crippen molar-refractivity contribution in [3.8, 4) is 0 Å². The van der Waals surface area contributed by atoms with Crippen LogP contribution in [0.3, 0.4) is 0 Å². The molecule has 1 aliphatic rings. The fourth-order valence-electron chi connectivity index (χ4n) is 2.31. The molecule has 1 atom stereocenters. The van der Waals surface area contributed by atoms with Crippen molar-refractivity contribution < 1.29 is 17.1 Å². The molecular formula is C12H14BrFN2O3S. The van der Waals surface area contributed by atoms with Crippen molar-refractivity contribution in [2.24, 2.45) is 5.92 Å². The molecule has 1 amide bonds. The van der Waals surface area contributed by atoms with E-state index in [1.807, 2.05) is 13.8 Å². The summed E-state index contributed by atoms with van der Waals surface area (Å²) in [5.74, 6) is -0.864. The quantitative estimate of drug-likeness (QED) is 0.770. The number of aromatic nitrogens is 1. The van der Waals surface area contributed by atoms with Gasteiger partial charge < -0.3 is 0 Å². The summed E-state index contributed by atoms with van der Waals surface area (Å²) in [5, 5.41) is 0. The first-order valence-electron chi connectivity index (χ1n) is 6.03. The third-order valence-electron chi connectivity index (χ3n) is 3.45. The molecule has 5 nitrogen and oxygen atoms in total. The van der Waals surface area contributed by atoms with Crippen molar-refractivity contribution in [3.05, 3.63) is 21.8 Å². The molecule has 0 saturated carbocycles. The Kier molecular flexibility index (Phi) is 4.15. The summed E-state index contributed by atoms with van der Waals surface area (Å²) in [7, 11) is -4.57. The van der Waals surface area contributed by atoms with Crippen molar-refractivity contribution >= 4 is 37.9 Å². The van der Waals surface area contributed by atoms with Gasteiger partial charge in [0.25, 0.3) is 0 Å². The first kappa shape index (κ1) is 15.4. The lowest BCUT2D eigenvalue weighted by Crippen LogP contribution is -2.27. The normalized spacial score (nSPS) is 19.7. The smallest absolute Gasteiger partial charge is 0.296 e. The largest absolute Gasteiger partial charge is 0.302 e. The maximum atomic E-state index is 12.7. The van der Waals surface area contributed by atoms with E-state index in [0.717, 1.165) is 15.6 Å². The second-order valence-corrected chi connectivity index (χ2v) is 7.23. The van der Waals surface area contributed by atoms with Crippen LogP contribution in [0.4, 0.5) is 9.70 Å². The standard InChI is InChI=1S/C12H14BrFN2O3S/c1-7-8(2)12(15-4-10(7)13)16-5-9(3-11(16)17)6-20(14,18)19/h4,9H,3,5-6H2,1-2H3. The Morgan fingerprint density at radius 3 is 2.70 bits per heavy atom. The minimum Gasteiger partial charge on any atom is -0.296 e. The Morgan fingerprint density at radius 1 is 1.45 bits per heavy atom. The molecule has 1 aliphatic heterocycles. The molecule has 1 unspecified atom stereocenters. The van der Waals surface area contributed by atoms with Gasteiger partial charge in [0, 0.05) is 29.6 Å². The zero-order valence-electron chi connectivity index (χ0n) is 11.1. The van der Waals surface area contributed by atoms with Crippen LogP contribution in [-0.2, 0) is 15.0 Å². The van der Waals surface area contributed by atoms with Crippen molar-refractivity contribution in [3.63, 3.8) is 0 Å². The van der Waals surface area contributed by atoms with Crippen LogP contribution in [0, 0.1) is 19.8 Å². The fourth-order valence-corrected chi connectivity index (χ4v) is 3.50. The van der Waals surface area contributed by atoms with Crippen LogP contribution < -0.4 is 4.90 Å². The molecule has 2 heterocycles. The Labute approximate surface area is 125 Å². The lowest BCUT2D eigenvalue weighted by atomic mass is 10.1. The van der Waals surface area contributed by atoms with Gasteiger partial charge in [0.15, 0.2) is 0 Å². The molecule has 1 fully saturated rings. The van der Waals surface area contributed by atoms with Crippen molar-refractivity contribution in [1.29, 1.82) is 0 Å². The molecule has 1 aromatic rings. The highest BCUT2D eigenvalue weighted by Crippen LogP contribution is 2.30. The van der Waals surface area contributed by atoms with Crippen LogP contribution in [0.1, 0.15) is 17.5 Å². The summed E-state index contributed by atoms with van der Waals surface area (Å²) in [4.78, 5) is 17.6. The number of halogens is 2. The van der Waals surface area contributed by atoms with E-state index in [-0.39, 0.29) is 18.9 Å². The molecule has 0 aromatic carbocycles. The Morgan fingerprint density at radius 2 is 2.10 bits per heavy atom. The summed E-state index contributed by atoms with van der Waals surface area (Å²) in [6, 6.07) is 0. The summed E-state index contributed by atoms with van der Waals surface area (Å²) < 4.78 is 34.9. The van der Waals surface area contributed by atoms with E-state index in [1.165, 1.54) is 4.90 Å². The van der Waals surface area contributed by atoms with Gasteiger partial charge in [-0.05, 0) is 40.9 Å². The number of carbonyl (C=O) groups is 1. The number of amides is 1. The van der Waals surface area contributed by atoms with Crippen LogP contribution in [0.2, 0.25) is 0 Å². The number of hydrogen-bond acceptors (Lipinski definition) is 4. The van der Waals surface area contributed by atoms with E-state index in [2.05, 4.69) is 20.9 Å².